The molecule has 12 nitrogen and oxygen atoms in total. The van der Waals surface area contributed by atoms with Crippen LogP contribution in [0.1, 0.15) is 113 Å². The SMILES string of the molecule is C=CCC1CC1(NC(=O)[C@@H]1[C@@H](C)CCN1C(=O)[C@@H](NC(=O)NC1(CS(=O)(=O)C(C)(C)C)CCCCC1)C(C)(C)C)C(=O)C(=O)NC1CC1. The fraction of sp³-hybridized carbons (Fsp3) is 0.800. The van der Waals surface area contributed by atoms with E-state index in [4.69, 9.17) is 0 Å². The molecule has 1 saturated heterocycles. The molecule has 0 spiro atoms. The third-order valence-corrected chi connectivity index (χ3v) is 13.5. The zero-order chi connectivity index (χ0) is 35.9. The molecule has 4 rings (SSSR count). The summed E-state index contributed by atoms with van der Waals surface area (Å²) in [4.78, 5) is 69.6. The number of urea groups is 1. The number of Topliss-reactive ketones (excluding diaryl/α,β-unsaturated/α-hetero) is 1. The lowest BCUT2D eigenvalue weighted by Crippen LogP contribution is -2.64. The third kappa shape index (κ3) is 8.25. The van der Waals surface area contributed by atoms with Crippen molar-refractivity contribution in [1.82, 2.24) is 26.2 Å². The van der Waals surface area contributed by atoms with Gasteiger partial charge in [0.1, 0.15) is 17.6 Å². The van der Waals surface area contributed by atoms with Gasteiger partial charge in [0.15, 0.2) is 9.84 Å². The van der Waals surface area contributed by atoms with Gasteiger partial charge in [-0.15, -0.1) is 6.58 Å². The normalized spacial score (nSPS) is 27.7. The minimum absolute atomic E-state index is 0.0105. The van der Waals surface area contributed by atoms with Crippen molar-refractivity contribution in [3.05, 3.63) is 12.7 Å². The molecule has 5 amide bonds. The van der Waals surface area contributed by atoms with E-state index in [0.717, 1.165) is 32.1 Å². The summed E-state index contributed by atoms with van der Waals surface area (Å²) in [5.41, 5.74) is -3.06. The minimum Gasteiger partial charge on any atom is -0.347 e. The smallest absolute Gasteiger partial charge is 0.315 e. The number of hydrogen-bond donors (Lipinski definition) is 4. The van der Waals surface area contributed by atoms with E-state index in [1.165, 1.54) is 4.90 Å². The van der Waals surface area contributed by atoms with E-state index < -0.39 is 72.7 Å². The number of nitrogens with zero attached hydrogens (tertiary/aromatic N) is 1. The molecular weight excluding hydrogens is 634 g/mol. The van der Waals surface area contributed by atoms with Gasteiger partial charge in [0.2, 0.25) is 17.6 Å². The molecule has 13 heteroatoms. The molecule has 5 atom stereocenters. The number of carbonyl (C=O) groups excluding carboxylic acids is 5. The Kier molecular flexibility index (Phi) is 10.8. The van der Waals surface area contributed by atoms with Gasteiger partial charge in [0.05, 0.1) is 16.0 Å². The van der Waals surface area contributed by atoms with Crippen molar-refractivity contribution in [3.63, 3.8) is 0 Å². The van der Waals surface area contributed by atoms with Crippen LogP contribution in [0, 0.1) is 17.3 Å². The second-order valence-electron chi connectivity index (χ2n) is 16.8. The Labute approximate surface area is 286 Å². The average Bonchev–Trinajstić information content (AvgIpc) is 3.87. The van der Waals surface area contributed by atoms with Crippen molar-refractivity contribution in [2.24, 2.45) is 17.3 Å². The lowest BCUT2D eigenvalue weighted by atomic mass is 9.83. The van der Waals surface area contributed by atoms with Gasteiger partial charge < -0.3 is 26.2 Å². The van der Waals surface area contributed by atoms with Gasteiger partial charge in [-0.05, 0) is 83.0 Å². The summed E-state index contributed by atoms with van der Waals surface area (Å²) in [7, 11) is -3.56. The van der Waals surface area contributed by atoms with E-state index in [1.54, 1.807) is 26.8 Å². The van der Waals surface area contributed by atoms with Crippen molar-refractivity contribution >= 4 is 39.4 Å². The van der Waals surface area contributed by atoms with Crippen LogP contribution in [0.3, 0.4) is 0 Å². The quantitative estimate of drug-likeness (QED) is 0.180. The molecule has 4 N–H and O–H groups in total. The molecule has 4 fully saturated rings. The second-order valence-corrected chi connectivity index (χ2v) is 19.6. The van der Waals surface area contributed by atoms with Crippen molar-refractivity contribution in [2.45, 2.75) is 147 Å². The molecule has 3 saturated carbocycles. The van der Waals surface area contributed by atoms with Crippen LogP contribution in [-0.2, 0) is 29.0 Å². The third-order valence-electron chi connectivity index (χ3n) is 10.7. The first-order valence-electron chi connectivity index (χ1n) is 17.6. The molecule has 0 aromatic rings. The predicted octanol–water partition coefficient (Wildman–Crippen LogP) is 3.15. The molecule has 1 aliphatic heterocycles. The topological polar surface area (TPSA) is 171 Å². The van der Waals surface area contributed by atoms with Gasteiger partial charge in [0.25, 0.3) is 5.91 Å². The van der Waals surface area contributed by atoms with Gasteiger partial charge in [-0.3, -0.25) is 19.2 Å². The van der Waals surface area contributed by atoms with Crippen LogP contribution in [0.4, 0.5) is 4.79 Å². The fourth-order valence-electron chi connectivity index (χ4n) is 7.21. The van der Waals surface area contributed by atoms with E-state index in [-0.39, 0.29) is 30.2 Å². The first-order chi connectivity index (χ1) is 22.2. The number of carbonyl (C=O) groups is 5. The molecule has 0 bridgehead atoms. The highest BCUT2D eigenvalue weighted by molar-refractivity contribution is 7.92. The van der Waals surface area contributed by atoms with Gasteiger partial charge in [-0.1, -0.05) is 53.0 Å². The zero-order valence-corrected chi connectivity index (χ0v) is 30.7. The highest BCUT2D eigenvalue weighted by Crippen LogP contribution is 2.47. The molecule has 48 heavy (non-hydrogen) atoms. The zero-order valence-electron chi connectivity index (χ0n) is 29.9. The minimum atomic E-state index is -3.56. The van der Waals surface area contributed by atoms with Crippen molar-refractivity contribution in [1.29, 1.82) is 0 Å². The molecule has 0 aromatic carbocycles. The van der Waals surface area contributed by atoms with Crippen LogP contribution < -0.4 is 21.3 Å². The van der Waals surface area contributed by atoms with Crippen LogP contribution in [0.5, 0.6) is 0 Å². The Morgan fingerprint density at radius 3 is 2.12 bits per heavy atom. The first kappa shape index (κ1) is 37.9. The lowest BCUT2D eigenvalue weighted by Gasteiger charge is -2.41. The standard InChI is InChI=1S/C35H57N5O7S/c1-9-13-23-20-35(23,27(41)29(43)36-24-14-15-24)38-28(42)25-22(2)16-19-40(25)30(44)26(32(3,4)5)37-31(45)39-34(17-11-10-12-18-34)21-48(46,47)33(6,7)8/h9,22-26H,1,10-21H2,2-8H3,(H,36,43)(H,38,42)(H2,37,39,45)/t22-,23?,25-,26+,35?/m0/s1. The van der Waals surface area contributed by atoms with Gasteiger partial charge in [-0.2, -0.15) is 0 Å². The Hall–Kier alpha value is -2.96. The fourth-order valence-corrected chi connectivity index (χ4v) is 8.73. The van der Waals surface area contributed by atoms with Crippen molar-refractivity contribution < 1.29 is 32.4 Å². The van der Waals surface area contributed by atoms with Crippen LogP contribution >= 0.6 is 0 Å². The summed E-state index contributed by atoms with van der Waals surface area (Å²) in [6.07, 6.45) is 8.17. The largest absolute Gasteiger partial charge is 0.347 e. The molecule has 1 heterocycles. The van der Waals surface area contributed by atoms with Crippen molar-refractivity contribution in [3.8, 4) is 0 Å². The van der Waals surface area contributed by atoms with Gasteiger partial charge in [0, 0.05) is 12.6 Å². The number of sulfone groups is 1. The van der Waals surface area contributed by atoms with E-state index in [1.807, 2.05) is 27.7 Å². The highest BCUT2D eigenvalue weighted by atomic mass is 32.2. The predicted molar refractivity (Wildman–Crippen MR) is 184 cm³/mol. The maximum absolute atomic E-state index is 14.3. The molecule has 270 valence electrons. The molecular formula is C35H57N5O7S. The van der Waals surface area contributed by atoms with Crippen molar-refractivity contribution in [2.75, 3.05) is 12.3 Å². The summed E-state index contributed by atoms with van der Waals surface area (Å²) >= 11 is 0. The summed E-state index contributed by atoms with van der Waals surface area (Å²) in [6, 6.07) is -2.58. The molecule has 2 unspecified atom stereocenters. The van der Waals surface area contributed by atoms with Crippen LogP contribution in [0.25, 0.3) is 0 Å². The Bertz CT molecular complexity index is 1400. The Balaban J connectivity index is 1.52. The molecule has 4 aliphatic rings. The summed E-state index contributed by atoms with van der Waals surface area (Å²) < 4.78 is 25.6. The van der Waals surface area contributed by atoms with Gasteiger partial charge in [-0.25, -0.2) is 13.2 Å². The molecule has 0 radical (unpaired) electrons. The number of amides is 5. The van der Waals surface area contributed by atoms with Gasteiger partial charge >= 0.3 is 6.03 Å². The lowest BCUT2D eigenvalue weighted by molar-refractivity contribution is -0.145. The van der Waals surface area contributed by atoms with E-state index >= 15 is 0 Å². The monoisotopic (exact) mass is 691 g/mol. The average molecular weight is 692 g/mol. The summed E-state index contributed by atoms with van der Waals surface area (Å²) in [5.74, 6) is -3.01. The van der Waals surface area contributed by atoms with Crippen LogP contribution in [0.2, 0.25) is 0 Å². The van der Waals surface area contributed by atoms with Crippen LogP contribution in [-0.4, -0.2) is 89.1 Å². The number of hydrogen-bond acceptors (Lipinski definition) is 7. The Morgan fingerprint density at radius 2 is 1.58 bits per heavy atom. The van der Waals surface area contributed by atoms with Crippen LogP contribution in [0.15, 0.2) is 12.7 Å². The number of rotatable bonds is 12. The molecule has 3 aliphatic carbocycles. The number of ketones is 1. The summed E-state index contributed by atoms with van der Waals surface area (Å²) in [6.45, 7) is 16.3. The second kappa shape index (κ2) is 13.7. The number of likely N-dealkylation sites (tertiary alicyclic amines) is 1. The first-order valence-corrected chi connectivity index (χ1v) is 19.2. The van der Waals surface area contributed by atoms with E-state index in [0.29, 0.717) is 32.1 Å². The molecule has 0 aromatic heterocycles. The number of allylic oxidation sites excluding steroid dienone is 1. The van der Waals surface area contributed by atoms with E-state index in [2.05, 4.69) is 27.8 Å². The van der Waals surface area contributed by atoms with E-state index in [9.17, 15) is 32.4 Å². The Morgan fingerprint density at radius 1 is 0.958 bits per heavy atom. The summed E-state index contributed by atoms with van der Waals surface area (Å²) in [5, 5.41) is 11.5. The maximum atomic E-state index is 14.3. The number of nitrogens with one attached hydrogen (secondary N) is 4. The maximum Gasteiger partial charge on any atom is 0.315 e. The highest BCUT2D eigenvalue weighted by Gasteiger charge is 2.63.